The highest BCUT2D eigenvalue weighted by molar-refractivity contribution is 5.89. The number of carbonyl (C=O) groups is 2. The van der Waals surface area contributed by atoms with E-state index in [0.717, 1.165) is 38.3 Å². The lowest BCUT2D eigenvalue weighted by Gasteiger charge is -2.35. The number of benzene rings is 1. The molecule has 1 aromatic carbocycles. The second-order valence-electron chi connectivity index (χ2n) is 6.15. The maximum atomic E-state index is 9.55. The van der Waals surface area contributed by atoms with Gasteiger partial charge in [-0.1, -0.05) is 6.07 Å². The van der Waals surface area contributed by atoms with E-state index in [1.165, 1.54) is 0 Å². The van der Waals surface area contributed by atoms with Crippen molar-refractivity contribution in [2.75, 3.05) is 47.5 Å². The average Bonchev–Trinajstić information content (AvgIpc) is 2.72. The van der Waals surface area contributed by atoms with Crippen molar-refractivity contribution < 1.29 is 34.0 Å². The minimum atomic E-state index is -1.26. The van der Waals surface area contributed by atoms with Gasteiger partial charge in [0.15, 0.2) is 17.5 Å². The van der Waals surface area contributed by atoms with E-state index < -0.39 is 11.9 Å². The summed E-state index contributed by atoms with van der Waals surface area (Å²) in [7, 11) is 4.85. The number of piperazine rings is 1. The first-order valence-corrected chi connectivity index (χ1v) is 8.96. The van der Waals surface area contributed by atoms with Crippen molar-refractivity contribution in [3.8, 4) is 17.2 Å². The summed E-state index contributed by atoms with van der Waals surface area (Å²) in [5.41, 5.74) is 6.57. The summed E-state index contributed by atoms with van der Waals surface area (Å²) in [5, 5.41) is 23.1. The van der Waals surface area contributed by atoms with Crippen LogP contribution in [0.15, 0.2) is 24.3 Å². The van der Waals surface area contributed by atoms with Crippen molar-refractivity contribution >= 4 is 17.9 Å². The summed E-state index contributed by atoms with van der Waals surface area (Å²) in [5.74, 6) is -0.395. The second kappa shape index (κ2) is 12.2. The Hall–Kier alpha value is -3.47. The number of nitrogens with two attached hydrogens (primary N) is 1. The fourth-order valence-electron chi connectivity index (χ4n) is 2.82. The van der Waals surface area contributed by atoms with Crippen LogP contribution in [0.25, 0.3) is 0 Å². The highest BCUT2D eigenvalue weighted by atomic mass is 16.5. The van der Waals surface area contributed by atoms with Gasteiger partial charge < -0.3 is 35.1 Å². The monoisotopic (exact) mass is 424 g/mol. The van der Waals surface area contributed by atoms with E-state index in [0.29, 0.717) is 29.4 Å². The Kier molecular flexibility index (Phi) is 9.97. The second-order valence-corrected chi connectivity index (χ2v) is 6.15. The van der Waals surface area contributed by atoms with Crippen LogP contribution < -0.4 is 19.9 Å². The maximum Gasteiger partial charge on any atom is 0.328 e. The highest BCUT2D eigenvalue weighted by Crippen LogP contribution is 2.40. The van der Waals surface area contributed by atoms with Crippen LogP contribution in [0.5, 0.6) is 17.2 Å². The zero-order chi connectivity index (χ0) is 22.7. The molecule has 0 radical (unpaired) electrons. The molecule has 30 heavy (non-hydrogen) atoms. The lowest BCUT2D eigenvalue weighted by Crippen LogP contribution is -2.50. The maximum absolute atomic E-state index is 9.55. The predicted octanol–water partition coefficient (Wildman–Crippen LogP) is 0.435. The van der Waals surface area contributed by atoms with Crippen molar-refractivity contribution in [3.05, 3.63) is 29.8 Å². The van der Waals surface area contributed by atoms with Crippen LogP contribution in [0.3, 0.4) is 0 Å². The number of ether oxygens (including phenoxy) is 3. The number of nitrogens with zero attached hydrogens (tertiary/aromatic N) is 2. The lowest BCUT2D eigenvalue weighted by molar-refractivity contribution is -0.134. The quantitative estimate of drug-likeness (QED) is 0.275. The molecule has 1 aliphatic rings. The summed E-state index contributed by atoms with van der Waals surface area (Å²) in [4.78, 5) is 23.3. The first-order chi connectivity index (χ1) is 14.2. The van der Waals surface area contributed by atoms with Gasteiger partial charge in [-0.3, -0.25) is 10.3 Å². The number of rotatable bonds is 7. The summed E-state index contributed by atoms with van der Waals surface area (Å²) in [6.45, 7) is 4.01. The van der Waals surface area contributed by atoms with Gasteiger partial charge in [0.05, 0.1) is 21.3 Å². The third-order valence-electron chi connectivity index (χ3n) is 4.26. The third kappa shape index (κ3) is 7.51. The number of carboxylic acids is 2. The number of nitrogens with one attached hydrogen (secondary N) is 1. The van der Waals surface area contributed by atoms with Gasteiger partial charge in [-0.05, 0) is 6.07 Å². The van der Waals surface area contributed by atoms with Crippen LogP contribution in [0.1, 0.15) is 5.56 Å². The number of carboxylic acid groups (broad SMARTS) is 2. The van der Waals surface area contributed by atoms with Crippen molar-refractivity contribution in [1.29, 1.82) is 5.41 Å². The summed E-state index contributed by atoms with van der Waals surface area (Å²) >= 11 is 0. The first kappa shape index (κ1) is 24.6. The van der Waals surface area contributed by atoms with Crippen LogP contribution in [0.2, 0.25) is 0 Å². The van der Waals surface area contributed by atoms with Crippen LogP contribution in [0.4, 0.5) is 0 Å². The van der Waals surface area contributed by atoms with E-state index in [-0.39, 0.29) is 5.96 Å². The predicted molar refractivity (Wildman–Crippen MR) is 109 cm³/mol. The van der Waals surface area contributed by atoms with Crippen LogP contribution in [0, 0.1) is 5.41 Å². The van der Waals surface area contributed by atoms with E-state index in [1.54, 1.807) is 21.3 Å². The van der Waals surface area contributed by atoms with E-state index in [1.807, 2.05) is 17.0 Å². The van der Waals surface area contributed by atoms with Crippen molar-refractivity contribution in [3.63, 3.8) is 0 Å². The average molecular weight is 424 g/mol. The van der Waals surface area contributed by atoms with Gasteiger partial charge in [0.25, 0.3) is 0 Å². The third-order valence-corrected chi connectivity index (χ3v) is 4.26. The molecule has 11 nitrogen and oxygen atoms in total. The van der Waals surface area contributed by atoms with Gasteiger partial charge in [-0.15, -0.1) is 0 Å². The van der Waals surface area contributed by atoms with Crippen LogP contribution >= 0.6 is 0 Å². The molecule has 1 fully saturated rings. The molecule has 5 N–H and O–H groups in total. The highest BCUT2D eigenvalue weighted by Gasteiger charge is 2.21. The fraction of sp³-hybridized carbons (Fsp3) is 0.421. The van der Waals surface area contributed by atoms with E-state index in [2.05, 4.69) is 4.90 Å². The van der Waals surface area contributed by atoms with Gasteiger partial charge in [-0.2, -0.15) is 0 Å². The number of methoxy groups -OCH3 is 3. The van der Waals surface area contributed by atoms with Crippen molar-refractivity contribution in [2.45, 2.75) is 6.54 Å². The molecule has 0 aliphatic carbocycles. The lowest BCUT2D eigenvalue weighted by atomic mass is 10.1. The van der Waals surface area contributed by atoms with Crippen molar-refractivity contribution in [2.24, 2.45) is 5.73 Å². The standard InChI is InChI=1S/C15H24N4O3.C4H4O4/c1-20-12-5-4-11(13(21-2)14(12)22-3)10-18-6-8-19(9-7-18)15(16)17;5-3(6)1-2-4(7)8/h4-5H,6-10H2,1-3H3,(H3,16,17);1-2H,(H,5,6)(H,7,8)/b;2-1+. The molecule has 0 aromatic heterocycles. The summed E-state index contributed by atoms with van der Waals surface area (Å²) in [6, 6.07) is 3.89. The Morgan fingerprint density at radius 3 is 1.93 bits per heavy atom. The normalized spacial score (nSPS) is 13.9. The Morgan fingerprint density at radius 2 is 1.53 bits per heavy atom. The van der Waals surface area contributed by atoms with Crippen LogP contribution in [-0.4, -0.2) is 85.4 Å². The van der Waals surface area contributed by atoms with E-state index in [4.69, 9.17) is 35.6 Å². The fourth-order valence-corrected chi connectivity index (χ4v) is 2.82. The Labute approximate surface area is 174 Å². The number of aliphatic carboxylic acids is 2. The van der Waals surface area contributed by atoms with Crippen LogP contribution in [-0.2, 0) is 16.1 Å². The van der Waals surface area contributed by atoms with Gasteiger partial charge in [0, 0.05) is 50.4 Å². The van der Waals surface area contributed by atoms with E-state index in [9.17, 15) is 9.59 Å². The molecule has 11 heteroatoms. The molecular weight excluding hydrogens is 396 g/mol. The Bertz CT molecular complexity index is 758. The van der Waals surface area contributed by atoms with Gasteiger partial charge in [0.2, 0.25) is 5.75 Å². The topological polar surface area (TPSA) is 159 Å². The molecule has 0 bridgehead atoms. The molecule has 1 aliphatic heterocycles. The number of guanidine groups is 1. The molecule has 0 saturated carbocycles. The summed E-state index contributed by atoms with van der Waals surface area (Å²) in [6.07, 6.45) is 1.12. The molecule has 0 spiro atoms. The Balaban J connectivity index is 0.000000479. The molecule has 0 atom stereocenters. The smallest absolute Gasteiger partial charge is 0.328 e. The van der Waals surface area contributed by atoms with Crippen molar-refractivity contribution in [1.82, 2.24) is 9.80 Å². The first-order valence-electron chi connectivity index (χ1n) is 8.96. The molecule has 2 rings (SSSR count). The molecule has 1 aromatic rings. The SMILES string of the molecule is COc1ccc(CN2CCN(C(=N)N)CC2)c(OC)c1OC.O=C(O)/C=C/C(=O)O. The largest absolute Gasteiger partial charge is 0.493 e. The number of hydrogen-bond donors (Lipinski definition) is 4. The molecular formula is C19H28N4O7. The van der Waals surface area contributed by atoms with Gasteiger partial charge in [-0.25, -0.2) is 9.59 Å². The molecule has 0 amide bonds. The molecule has 0 unspecified atom stereocenters. The number of hydrogen-bond acceptors (Lipinski definition) is 7. The zero-order valence-corrected chi connectivity index (χ0v) is 17.3. The van der Waals surface area contributed by atoms with E-state index >= 15 is 0 Å². The van der Waals surface area contributed by atoms with Gasteiger partial charge >= 0.3 is 11.9 Å². The minimum absolute atomic E-state index is 0.142. The van der Waals surface area contributed by atoms with Gasteiger partial charge in [0.1, 0.15) is 0 Å². The Morgan fingerprint density at radius 1 is 1.00 bits per heavy atom. The minimum Gasteiger partial charge on any atom is -0.493 e. The molecule has 1 heterocycles. The molecule has 1 saturated heterocycles. The zero-order valence-electron chi connectivity index (χ0n) is 17.3. The summed E-state index contributed by atoms with van der Waals surface area (Å²) < 4.78 is 16.2. The molecule has 166 valence electrons.